The molecule has 0 unspecified atom stereocenters. The minimum Gasteiger partial charge on any atom is -0.507 e. The van der Waals surface area contributed by atoms with E-state index in [1.165, 1.54) is 0 Å². The Balaban J connectivity index is 2.14. The molecule has 0 bridgehead atoms. The number of phenolic OH excluding ortho intramolecular Hbond substituents is 1. The maximum absolute atomic E-state index is 10.5. The van der Waals surface area contributed by atoms with Crippen LogP contribution in [-0.2, 0) is 6.42 Å². The number of rotatable bonds is 3. The number of aromatic nitrogens is 3. The van der Waals surface area contributed by atoms with Crippen LogP contribution in [0.4, 0.5) is 0 Å². The number of aromatic hydroxyl groups is 1. The molecule has 0 aliphatic rings. The van der Waals surface area contributed by atoms with Crippen LogP contribution in [0.25, 0.3) is 10.8 Å². The van der Waals surface area contributed by atoms with Gasteiger partial charge in [0.15, 0.2) is 5.82 Å². The Hall–Kier alpha value is -2.47. The Morgan fingerprint density at radius 2 is 2.09 bits per heavy atom. The van der Waals surface area contributed by atoms with E-state index in [0.717, 1.165) is 16.6 Å². The molecule has 1 aromatic heterocycles. The van der Waals surface area contributed by atoms with E-state index in [4.69, 9.17) is 12.2 Å². The SMILES string of the molecule is CCc1n[nH]c(=S)n1/N=C(\C)c1ccc2ccccc2c1O. The summed E-state index contributed by atoms with van der Waals surface area (Å²) in [5, 5.41) is 23.7. The number of hydrogen-bond donors (Lipinski definition) is 2. The molecular formula is C16H16N4OS. The van der Waals surface area contributed by atoms with Gasteiger partial charge >= 0.3 is 0 Å². The summed E-state index contributed by atoms with van der Waals surface area (Å²) in [5.41, 5.74) is 1.36. The highest BCUT2D eigenvalue weighted by Gasteiger charge is 2.10. The molecule has 0 saturated carbocycles. The normalized spacial score (nSPS) is 12.0. The van der Waals surface area contributed by atoms with E-state index in [2.05, 4.69) is 15.3 Å². The van der Waals surface area contributed by atoms with Crippen molar-refractivity contribution in [2.75, 3.05) is 0 Å². The Labute approximate surface area is 132 Å². The van der Waals surface area contributed by atoms with E-state index in [0.29, 0.717) is 22.5 Å². The van der Waals surface area contributed by atoms with Crippen molar-refractivity contribution in [2.45, 2.75) is 20.3 Å². The van der Waals surface area contributed by atoms with Crippen molar-refractivity contribution in [1.82, 2.24) is 14.9 Å². The topological polar surface area (TPSA) is 66.2 Å². The second-order valence-corrected chi connectivity index (χ2v) is 5.37. The fourth-order valence-electron chi connectivity index (χ4n) is 2.41. The summed E-state index contributed by atoms with van der Waals surface area (Å²) >= 11 is 5.19. The predicted octanol–water partition coefficient (Wildman–Crippen LogP) is 3.63. The van der Waals surface area contributed by atoms with Crippen molar-refractivity contribution in [3.63, 3.8) is 0 Å². The molecule has 2 N–H and O–H groups in total. The van der Waals surface area contributed by atoms with Crippen LogP contribution in [0.3, 0.4) is 0 Å². The van der Waals surface area contributed by atoms with E-state index in [1.54, 1.807) is 4.68 Å². The van der Waals surface area contributed by atoms with E-state index in [1.807, 2.05) is 50.2 Å². The van der Waals surface area contributed by atoms with E-state index >= 15 is 0 Å². The highest BCUT2D eigenvalue weighted by molar-refractivity contribution is 7.71. The van der Waals surface area contributed by atoms with E-state index in [9.17, 15) is 5.11 Å². The van der Waals surface area contributed by atoms with Crippen molar-refractivity contribution in [3.05, 3.63) is 52.6 Å². The molecule has 3 rings (SSSR count). The number of nitrogens with zero attached hydrogens (tertiary/aromatic N) is 3. The summed E-state index contributed by atoms with van der Waals surface area (Å²) in [7, 11) is 0. The van der Waals surface area contributed by atoms with Gasteiger partial charge in [0.05, 0.1) is 5.71 Å². The molecule has 2 aromatic carbocycles. The van der Waals surface area contributed by atoms with Crippen molar-refractivity contribution >= 4 is 28.7 Å². The minimum absolute atomic E-state index is 0.229. The number of benzene rings is 2. The fourth-order valence-corrected chi connectivity index (χ4v) is 2.60. The number of nitrogens with one attached hydrogen (secondary N) is 1. The number of fused-ring (bicyclic) bond motifs is 1. The number of phenols is 1. The molecule has 22 heavy (non-hydrogen) atoms. The molecule has 3 aromatic rings. The molecule has 5 nitrogen and oxygen atoms in total. The summed E-state index contributed by atoms with van der Waals surface area (Å²) in [6.45, 7) is 3.83. The van der Waals surface area contributed by atoms with Gasteiger partial charge in [0.1, 0.15) is 5.75 Å². The van der Waals surface area contributed by atoms with Gasteiger partial charge < -0.3 is 5.11 Å². The third-order valence-electron chi connectivity index (χ3n) is 3.57. The Morgan fingerprint density at radius 1 is 1.32 bits per heavy atom. The lowest BCUT2D eigenvalue weighted by Crippen LogP contribution is -2.03. The van der Waals surface area contributed by atoms with Crippen LogP contribution in [0, 0.1) is 4.77 Å². The maximum Gasteiger partial charge on any atom is 0.216 e. The fraction of sp³-hybridized carbons (Fsp3) is 0.188. The first-order chi connectivity index (χ1) is 10.6. The third kappa shape index (κ3) is 2.42. The molecule has 112 valence electrons. The van der Waals surface area contributed by atoms with Gasteiger partial charge in [-0.15, -0.1) is 0 Å². The molecule has 0 saturated heterocycles. The minimum atomic E-state index is 0.229. The monoisotopic (exact) mass is 312 g/mol. The molecule has 1 heterocycles. The van der Waals surface area contributed by atoms with Gasteiger partial charge in [-0.2, -0.15) is 14.9 Å². The average Bonchev–Trinajstić information content (AvgIpc) is 2.88. The lowest BCUT2D eigenvalue weighted by atomic mass is 10.0. The quantitative estimate of drug-likeness (QED) is 0.573. The first-order valence-electron chi connectivity index (χ1n) is 7.04. The third-order valence-corrected chi connectivity index (χ3v) is 3.84. The van der Waals surface area contributed by atoms with Gasteiger partial charge in [-0.25, -0.2) is 0 Å². The molecule has 0 aliphatic carbocycles. The highest BCUT2D eigenvalue weighted by Crippen LogP contribution is 2.29. The molecule has 0 amide bonds. The van der Waals surface area contributed by atoms with Crippen molar-refractivity contribution in [3.8, 4) is 5.75 Å². The molecule has 0 aliphatic heterocycles. The number of H-pyrrole nitrogens is 1. The van der Waals surface area contributed by atoms with E-state index < -0.39 is 0 Å². The number of aromatic amines is 1. The molecule has 6 heteroatoms. The lowest BCUT2D eigenvalue weighted by molar-refractivity contribution is 0.480. The van der Waals surface area contributed by atoms with Crippen LogP contribution in [0.1, 0.15) is 25.2 Å². The van der Waals surface area contributed by atoms with E-state index in [-0.39, 0.29) is 5.75 Å². The summed E-state index contributed by atoms with van der Waals surface area (Å²) in [5.74, 6) is 0.983. The summed E-state index contributed by atoms with van der Waals surface area (Å²) in [6, 6.07) is 11.5. The van der Waals surface area contributed by atoms with Crippen LogP contribution in [0.15, 0.2) is 41.5 Å². The highest BCUT2D eigenvalue weighted by atomic mass is 32.1. The Bertz CT molecular complexity index is 923. The Morgan fingerprint density at radius 3 is 2.86 bits per heavy atom. The zero-order valence-electron chi connectivity index (χ0n) is 12.4. The first kappa shape index (κ1) is 14.5. The Kier molecular flexibility index (Phi) is 3.77. The summed E-state index contributed by atoms with van der Waals surface area (Å²) in [4.78, 5) is 0. The molecule has 0 spiro atoms. The summed E-state index contributed by atoms with van der Waals surface area (Å²) < 4.78 is 2.04. The standard InChI is InChI=1S/C16H16N4OS/c1-3-14-17-18-16(22)20(14)19-10(2)12-9-8-11-6-4-5-7-13(11)15(12)21/h4-9,21H,3H2,1-2H3,(H,18,22)/b19-10+. The van der Waals surface area contributed by atoms with Crippen LogP contribution in [0.5, 0.6) is 5.75 Å². The number of hydrogen-bond acceptors (Lipinski definition) is 4. The van der Waals surface area contributed by atoms with Gasteiger partial charge in [-0.05, 0) is 30.6 Å². The number of aryl methyl sites for hydroxylation is 1. The molecule has 0 atom stereocenters. The van der Waals surface area contributed by atoms with Crippen LogP contribution >= 0.6 is 12.2 Å². The van der Waals surface area contributed by atoms with Gasteiger partial charge in [-0.1, -0.05) is 37.3 Å². The smallest absolute Gasteiger partial charge is 0.216 e. The van der Waals surface area contributed by atoms with Crippen LogP contribution in [-0.4, -0.2) is 25.7 Å². The molecule has 0 fully saturated rings. The zero-order chi connectivity index (χ0) is 15.7. The summed E-state index contributed by atoms with van der Waals surface area (Å²) in [6.07, 6.45) is 0.716. The van der Waals surface area contributed by atoms with Gasteiger partial charge in [-0.3, -0.25) is 5.10 Å². The first-order valence-corrected chi connectivity index (χ1v) is 7.45. The van der Waals surface area contributed by atoms with Crippen LogP contribution < -0.4 is 0 Å². The lowest BCUT2D eigenvalue weighted by Gasteiger charge is -2.08. The van der Waals surface area contributed by atoms with Gasteiger partial charge in [0.25, 0.3) is 0 Å². The largest absolute Gasteiger partial charge is 0.507 e. The van der Waals surface area contributed by atoms with Gasteiger partial charge in [0.2, 0.25) is 4.77 Å². The zero-order valence-corrected chi connectivity index (χ0v) is 13.2. The second kappa shape index (κ2) is 5.73. The molecule has 0 radical (unpaired) electrons. The predicted molar refractivity (Wildman–Crippen MR) is 90.0 cm³/mol. The maximum atomic E-state index is 10.5. The van der Waals surface area contributed by atoms with Crippen molar-refractivity contribution in [2.24, 2.45) is 5.10 Å². The van der Waals surface area contributed by atoms with Crippen molar-refractivity contribution in [1.29, 1.82) is 0 Å². The van der Waals surface area contributed by atoms with Crippen molar-refractivity contribution < 1.29 is 5.11 Å². The molecular weight excluding hydrogens is 296 g/mol. The van der Waals surface area contributed by atoms with Crippen LogP contribution in [0.2, 0.25) is 0 Å². The average molecular weight is 312 g/mol. The second-order valence-electron chi connectivity index (χ2n) is 4.98. The van der Waals surface area contributed by atoms with Gasteiger partial charge in [0, 0.05) is 17.4 Å².